The molecular formula is C16H22F2N2O. The molecule has 1 fully saturated rings. The van der Waals surface area contributed by atoms with Crippen molar-refractivity contribution in [2.24, 2.45) is 0 Å². The molecule has 0 aromatic heterocycles. The lowest BCUT2D eigenvalue weighted by molar-refractivity contribution is -0.132. The van der Waals surface area contributed by atoms with Crippen molar-refractivity contribution in [2.45, 2.75) is 45.7 Å². The Morgan fingerprint density at radius 2 is 1.81 bits per heavy atom. The fraction of sp³-hybridized carbons (Fsp3) is 0.562. The lowest BCUT2D eigenvalue weighted by Gasteiger charge is -2.24. The summed E-state index contributed by atoms with van der Waals surface area (Å²) < 4.78 is 27.5. The first kappa shape index (κ1) is 15.9. The van der Waals surface area contributed by atoms with E-state index in [1.807, 2.05) is 4.90 Å². The van der Waals surface area contributed by atoms with Gasteiger partial charge >= 0.3 is 0 Å². The maximum absolute atomic E-state index is 13.9. The molecule has 0 saturated carbocycles. The van der Waals surface area contributed by atoms with E-state index in [1.165, 1.54) is 19.1 Å². The minimum absolute atomic E-state index is 0.0207. The molecule has 21 heavy (non-hydrogen) atoms. The van der Waals surface area contributed by atoms with Gasteiger partial charge in [0.05, 0.1) is 6.04 Å². The van der Waals surface area contributed by atoms with E-state index in [4.69, 9.17) is 0 Å². The summed E-state index contributed by atoms with van der Waals surface area (Å²) in [5.41, 5.74) is 0.531. The zero-order valence-corrected chi connectivity index (χ0v) is 12.7. The van der Waals surface area contributed by atoms with Gasteiger partial charge in [-0.15, -0.1) is 0 Å². The Morgan fingerprint density at radius 1 is 1.19 bits per heavy atom. The van der Waals surface area contributed by atoms with E-state index in [-0.39, 0.29) is 17.0 Å². The van der Waals surface area contributed by atoms with Crippen molar-refractivity contribution in [1.29, 1.82) is 0 Å². The number of amides is 1. The number of likely N-dealkylation sites (tertiary alicyclic amines) is 1. The van der Waals surface area contributed by atoms with Gasteiger partial charge in [0.2, 0.25) is 5.91 Å². The molecule has 5 heteroatoms. The van der Waals surface area contributed by atoms with Crippen molar-refractivity contribution in [3.05, 3.63) is 34.9 Å². The maximum Gasteiger partial charge on any atom is 0.239 e. The predicted molar refractivity (Wildman–Crippen MR) is 77.9 cm³/mol. The average Bonchev–Trinajstić information content (AvgIpc) is 2.95. The number of hydrogen-bond donors (Lipinski definition) is 1. The second-order valence-corrected chi connectivity index (χ2v) is 5.77. The molecule has 2 unspecified atom stereocenters. The second kappa shape index (κ2) is 6.52. The molecule has 2 rings (SSSR count). The zero-order chi connectivity index (χ0) is 15.6. The quantitative estimate of drug-likeness (QED) is 0.926. The molecule has 1 aromatic rings. The number of benzene rings is 1. The highest BCUT2D eigenvalue weighted by molar-refractivity contribution is 5.81. The van der Waals surface area contributed by atoms with Crippen LogP contribution in [0.3, 0.4) is 0 Å². The zero-order valence-electron chi connectivity index (χ0n) is 12.7. The summed E-state index contributed by atoms with van der Waals surface area (Å²) in [6.07, 6.45) is 2.07. The molecule has 2 atom stereocenters. The third-order valence-electron chi connectivity index (χ3n) is 4.03. The first-order valence-corrected chi connectivity index (χ1v) is 7.40. The molecule has 0 aliphatic carbocycles. The SMILES string of the molecule is Cc1cc(F)c(C(C)NC(C)C(=O)N2CCCC2)cc1F. The second-order valence-electron chi connectivity index (χ2n) is 5.77. The van der Waals surface area contributed by atoms with Gasteiger partial charge in [-0.1, -0.05) is 0 Å². The van der Waals surface area contributed by atoms with Crippen molar-refractivity contribution >= 4 is 5.91 Å². The first-order valence-electron chi connectivity index (χ1n) is 7.40. The highest BCUT2D eigenvalue weighted by Crippen LogP contribution is 2.21. The highest BCUT2D eigenvalue weighted by atomic mass is 19.1. The Labute approximate surface area is 124 Å². The molecule has 1 saturated heterocycles. The number of hydrogen-bond acceptors (Lipinski definition) is 2. The van der Waals surface area contributed by atoms with Crippen LogP contribution in [0.1, 0.15) is 43.9 Å². The summed E-state index contributed by atoms with van der Waals surface area (Å²) in [6.45, 7) is 6.60. The van der Waals surface area contributed by atoms with Gasteiger partial charge in [0.1, 0.15) is 11.6 Å². The van der Waals surface area contributed by atoms with Crippen LogP contribution in [-0.2, 0) is 4.79 Å². The van der Waals surface area contributed by atoms with E-state index in [0.29, 0.717) is 0 Å². The van der Waals surface area contributed by atoms with Gasteiger partial charge in [-0.05, 0) is 51.3 Å². The summed E-state index contributed by atoms with van der Waals surface area (Å²) in [5.74, 6) is -0.861. The normalized spacial score (nSPS) is 17.9. The summed E-state index contributed by atoms with van der Waals surface area (Å²) in [6, 6.07) is 1.55. The molecule has 1 amide bonds. The van der Waals surface area contributed by atoms with Crippen LogP contribution in [0, 0.1) is 18.6 Å². The Balaban J connectivity index is 2.05. The fourth-order valence-electron chi connectivity index (χ4n) is 2.74. The van der Waals surface area contributed by atoms with Crippen LogP contribution in [-0.4, -0.2) is 29.9 Å². The van der Waals surface area contributed by atoms with E-state index >= 15 is 0 Å². The third kappa shape index (κ3) is 3.59. The smallest absolute Gasteiger partial charge is 0.239 e. The van der Waals surface area contributed by atoms with Crippen LogP contribution in [0.15, 0.2) is 12.1 Å². The Morgan fingerprint density at radius 3 is 2.43 bits per heavy atom. The number of rotatable bonds is 4. The Bertz CT molecular complexity index is 527. The van der Waals surface area contributed by atoms with Crippen LogP contribution < -0.4 is 5.32 Å². The highest BCUT2D eigenvalue weighted by Gasteiger charge is 2.25. The van der Waals surface area contributed by atoms with Crippen LogP contribution in [0.5, 0.6) is 0 Å². The summed E-state index contributed by atoms with van der Waals surface area (Å²) in [4.78, 5) is 14.0. The summed E-state index contributed by atoms with van der Waals surface area (Å²) in [7, 11) is 0. The summed E-state index contributed by atoms with van der Waals surface area (Å²) in [5, 5.41) is 3.06. The molecule has 0 radical (unpaired) electrons. The average molecular weight is 296 g/mol. The van der Waals surface area contributed by atoms with Crippen LogP contribution in [0.2, 0.25) is 0 Å². The minimum Gasteiger partial charge on any atom is -0.341 e. The van der Waals surface area contributed by atoms with Crippen molar-refractivity contribution in [3.8, 4) is 0 Å². The minimum atomic E-state index is -0.449. The van der Waals surface area contributed by atoms with Crippen molar-refractivity contribution in [2.75, 3.05) is 13.1 Å². The van der Waals surface area contributed by atoms with Crippen molar-refractivity contribution in [1.82, 2.24) is 10.2 Å². The number of nitrogens with one attached hydrogen (secondary N) is 1. The lowest BCUT2D eigenvalue weighted by atomic mass is 10.0. The number of nitrogens with zero attached hydrogens (tertiary/aromatic N) is 1. The Hall–Kier alpha value is -1.49. The molecule has 1 aliphatic rings. The molecule has 3 nitrogen and oxygen atoms in total. The third-order valence-corrected chi connectivity index (χ3v) is 4.03. The van der Waals surface area contributed by atoms with E-state index < -0.39 is 23.7 Å². The maximum atomic E-state index is 13.9. The molecule has 1 aliphatic heterocycles. The molecule has 0 bridgehead atoms. The summed E-state index contributed by atoms with van der Waals surface area (Å²) >= 11 is 0. The van der Waals surface area contributed by atoms with Crippen LogP contribution in [0.25, 0.3) is 0 Å². The molecular weight excluding hydrogens is 274 g/mol. The van der Waals surface area contributed by atoms with Gasteiger partial charge in [-0.2, -0.15) is 0 Å². The van der Waals surface area contributed by atoms with Gasteiger partial charge in [-0.3, -0.25) is 10.1 Å². The monoisotopic (exact) mass is 296 g/mol. The van der Waals surface area contributed by atoms with E-state index in [0.717, 1.165) is 25.9 Å². The molecule has 116 valence electrons. The van der Waals surface area contributed by atoms with E-state index in [2.05, 4.69) is 5.32 Å². The van der Waals surface area contributed by atoms with E-state index in [1.54, 1.807) is 13.8 Å². The topological polar surface area (TPSA) is 32.3 Å². The predicted octanol–water partition coefficient (Wildman–Crippen LogP) is 2.93. The number of carbonyl (C=O) groups excluding carboxylic acids is 1. The van der Waals surface area contributed by atoms with Gasteiger partial charge in [0.15, 0.2) is 0 Å². The van der Waals surface area contributed by atoms with Crippen LogP contribution in [0.4, 0.5) is 8.78 Å². The number of carbonyl (C=O) groups is 1. The Kier molecular flexibility index (Phi) is 4.93. The molecule has 1 N–H and O–H groups in total. The van der Waals surface area contributed by atoms with Gasteiger partial charge in [-0.25, -0.2) is 8.78 Å². The van der Waals surface area contributed by atoms with Crippen molar-refractivity contribution in [3.63, 3.8) is 0 Å². The van der Waals surface area contributed by atoms with Gasteiger partial charge in [0.25, 0.3) is 0 Å². The first-order chi connectivity index (χ1) is 9.90. The molecule has 1 aromatic carbocycles. The lowest BCUT2D eigenvalue weighted by Crippen LogP contribution is -2.44. The number of aryl methyl sites for hydroxylation is 1. The molecule has 1 heterocycles. The fourth-order valence-corrected chi connectivity index (χ4v) is 2.74. The molecule has 0 spiro atoms. The number of halogens is 2. The van der Waals surface area contributed by atoms with Gasteiger partial charge in [0, 0.05) is 24.7 Å². The standard InChI is InChI=1S/C16H22F2N2O/c1-10-8-15(18)13(9-14(10)17)11(2)19-12(3)16(21)20-6-4-5-7-20/h8-9,11-12,19H,4-7H2,1-3H3. The van der Waals surface area contributed by atoms with Crippen molar-refractivity contribution < 1.29 is 13.6 Å². The van der Waals surface area contributed by atoms with E-state index in [9.17, 15) is 13.6 Å². The largest absolute Gasteiger partial charge is 0.341 e. The van der Waals surface area contributed by atoms with Crippen LogP contribution >= 0.6 is 0 Å². The van der Waals surface area contributed by atoms with Gasteiger partial charge < -0.3 is 4.90 Å².